The second-order valence-electron chi connectivity index (χ2n) is 4.59. The number of carbonyl (C=O) groups excluding carboxylic acids is 1. The van der Waals surface area contributed by atoms with Crippen LogP contribution in [0.25, 0.3) is 0 Å². The zero-order valence-corrected chi connectivity index (χ0v) is 13.8. The van der Waals surface area contributed by atoms with Crippen molar-refractivity contribution >= 4 is 29.3 Å². The molecule has 0 aliphatic rings. The number of halogens is 1. The second-order valence-corrected chi connectivity index (χ2v) is 6.13. The van der Waals surface area contributed by atoms with E-state index in [0.717, 1.165) is 41.8 Å². The van der Waals surface area contributed by atoms with E-state index in [-0.39, 0.29) is 5.91 Å². The lowest BCUT2D eigenvalue weighted by Gasteiger charge is -2.15. The number of nitrogens with one attached hydrogen (secondary N) is 2. The van der Waals surface area contributed by atoms with Crippen LogP contribution < -0.4 is 10.2 Å². The maximum atomic E-state index is 11.7. The molecule has 0 atom stereocenters. The molecular weight excluding hydrogens is 292 g/mol. The first kappa shape index (κ1) is 17.3. The lowest BCUT2D eigenvalue weighted by atomic mass is 10.4. The van der Waals surface area contributed by atoms with Crippen LogP contribution in [0.3, 0.4) is 0 Å². The molecule has 0 aliphatic heterocycles. The van der Waals surface area contributed by atoms with Crippen LogP contribution in [0, 0.1) is 0 Å². The van der Waals surface area contributed by atoms with Gasteiger partial charge in [-0.25, -0.2) is 0 Å². The number of hydrogen-bond acceptors (Lipinski definition) is 2. The number of quaternary nitrogens is 1. The maximum absolute atomic E-state index is 11.7. The van der Waals surface area contributed by atoms with Gasteiger partial charge in [0.1, 0.15) is 0 Å². The Labute approximate surface area is 131 Å². The molecule has 0 radical (unpaired) electrons. The smallest absolute Gasteiger partial charge is 0.221 e. The highest BCUT2D eigenvalue weighted by Gasteiger charge is 2.06. The van der Waals surface area contributed by atoms with Crippen LogP contribution in [0.15, 0.2) is 29.2 Å². The molecule has 1 rings (SSSR count). The summed E-state index contributed by atoms with van der Waals surface area (Å²) < 4.78 is 0. The highest BCUT2D eigenvalue weighted by atomic mass is 35.5. The van der Waals surface area contributed by atoms with Crippen molar-refractivity contribution in [1.29, 1.82) is 0 Å². The molecule has 1 amide bonds. The van der Waals surface area contributed by atoms with Gasteiger partial charge < -0.3 is 10.2 Å². The van der Waals surface area contributed by atoms with Crippen LogP contribution in [-0.2, 0) is 4.79 Å². The minimum atomic E-state index is 0.121. The summed E-state index contributed by atoms with van der Waals surface area (Å²) in [4.78, 5) is 14.3. The molecule has 0 aromatic heterocycles. The van der Waals surface area contributed by atoms with Crippen molar-refractivity contribution in [3.05, 3.63) is 29.3 Å². The zero-order valence-electron chi connectivity index (χ0n) is 12.2. The van der Waals surface area contributed by atoms with Gasteiger partial charge in [0, 0.05) is 17.1 Å². The first-order chi connectivity index (χ1) is 9.67. The molecular formula is C15H24ClN2OS+. The van der Waals surface area contributed by atoms with E-state index in [1.807, 2.05) is 24.3 Å². The topological polar surface area (TPSA) is 33.5 Å². The average Bonchev–Trinajstić information content (AvgIpc) is 2.46. The molecule has 0 saturated heterocycles. The van der Waals surface area contributed by atoms with E-state index in [2.05, 4.69) is 19.2 Å². The van der Waals surface area contributed by atoms with Gasteiger partial charge in [-0.3, -0.25) is 4.79 Å². The second kappa shape index (κ2) is 10.1. The van der Waals surface area contributed by atoms with Gasteiger partial charge in [-0.2, -0.15) is 0 Å². The molecule has 0 aliphatic carbocycles. The molecule has 3 nitrogen and oxygen atoms in total. The lowest BCUT2D eigenvalue weighted by molar-refractivity contribution is -0.895. The zero-order chi connectivity index (χ0) is 14.8. The summed E-state index contributed by atoms with van der Waals surface area (Å²) in [7, 11) is 0. The van der Waals surface area contributed by atoms with Crippen molar-refractivity contribution in [2.24, 2.45) is 0 Å². The molecule has 1 aromatic carbocycles. The van der Waals surface area contributed by atoms with Gasteiger partial charge in [0.05, 0.1) is 31.2 Å². The molecule has 1 aromatic rings. The minimum absolute atomic E-state index is 0.121. The number of carbonyl (C=O) groups is 1. The molecule has 0 heterocycles. The lowest BCUT2D eigenvalue weighted by Crippen LogP contribution is -3.12. The Morgan fingerprint density at radius 2 is 2.00 bits per heavy atom. The van der Waals surface area contributed by atoms with E-state index in [0.29, 0.717) is 6.42 Å². The molecule has 0 bridgehead atoms. The largest absolute Gasteiger partial charge is 0.350 e. The van der Waals surface area contributed by atoms with Gasteiger partial charge in [-0.15, -0.1) is 11.8 Å². The molecule has 0 saturated carbocycles. The highest BCUT2D eigenvalue weighted by molar-refractivity contribution is 7.99. The number of thioether (sulfide) groups is 1. The van der Waals surface area contributed by atoms with Gasteiger partial charge in [0.15, 0.2) is 0 Å². The summed E-state index contributed by atoms with van der Waals surface area (Å²) in [6.07, 6.45) is 0.531. The van der Waals surface area contributed by atoms with Crippen molar-refractivity contribution in [3.8, 4) is 0 Å². The fourth-order valence-electron chi connectivity index (χ4n) is 1.89. The van der Waals surface area contributed by atoms with Crippen molar-refractivity contribution in [2.45, 2.75) is 25.2 Å². The molecule has 2 N–H and O–H groups in total. The van der Waals surface area contributed by atoms with E-state index in [4.69, 9.17) is 11.6 Å². The average molecular weight is 316 g/mol. The van der Waals surface area contributed by atoms with Crippen molar-refractivity contribution < 1.29 is 9.69 Å². The van der Waals surface area contributed by atoms with E-state index < -0.39 is 0 Å². The molecule has 20 heavy (non-hydrogen) atoms. The first-order valence-electron chi connectivity index (χ1n) is 7.15. The predicted octanol–water partition coefficient (Wildman–Crippen LogP) is 1.86. The molecule has 5 heteroatoms. The Bertz CT molecular complexity index is 411. The van der Waals surface area contributed by atoms with Crippen LogP contribution in [0.4, 0.5) is 0 Å². The SMILES string of the molecule is CC[NH+](CC)CCNC(=O)CCSc1ccccc1Cl. The Kier molecular flexibility index (Phi) is 8.74. The maximum Gasteiger partial charge on any atom is 0.221 e. The Morgan fingerprint density at radius 1 is 1.30 bits per heavy atom. The van der Waals surface area contributed by atoms with Gasteiger partial charge in [-0.05, 0) is 26.0 Å². The first-order valence-corrected chi connectivity index (χ1v) is 8.51. The van der Waals surface area contributed by atoms with Crippen LogP contribution in [-0.4, -0.2) is 37.8 Å². The summed E-state index contributed by atoms with van der Waals surface area (Å²) in [5.41, 5.74) is 0. The number of rotatable bonds is 9. The summed E-state index contributed by atoms with van der Waals surface area (Å²) in [6.45, 7) is 8.30. The van der Waals surface area contributed by atoms with Crippen LogP contribution >= 0.6 is 23.4 Å². The van der Waals surface area contributed by atoms with Crippen molar-refractivity contribution in [3.63, 3.8) is 0 Å². The van der Waals surface area contributed by atoms with E-state index in [1.54, 1.807) is 11.8 Å². The minimum Gasteiger partial charge on any atom is -0.350 e. The van der Waals surface area contributed by atoms with Crippen LogP contribution in [0.2, 0.25) is 5.02 Å². The van der Waals surface area contributed by atoms with Gasteiger partial charge in [-0.1, -0.05) is 23.7 Å². The van der Waals surface area contributed by atoms with Gasteiger partial charge >= 0.3 is 0 Å². The predicted molar refractivity (Wildman–Crippen MR) is 86.7 cm³/mol. The van der Waals surface area contributed by atoms with Crippen molar-refractivity contribution in [1.82, 2.24) is 5.32 Å². The van der Waals surface area contributed by atoms with E-state index in [9.17, 15) is 4.79 Å². The van der Waals surface area contributed by atoms with Crippen molar-refractivity contribution in [2.75, 3.05) is 31.9 Å². The number of hydrogen-bond donors (Lipinski definition) is 2. The highest BCUT2D eigenvalue weighted by Crippen LogP contribution is 2.26. The summed E-state index contributed by atoms with van der Waals surface area (Å²) in [5.74, 6) is 0.879. The summed E-state index contributed by atoms with van der Waals surface area (Å²) >= 11 is 7.69. The fraction of sp³-hybridized carbons (Fsp3) is 0.533. The Hall–Kier alpha value is -0.710. The van der Waals surface area contributed by atoms with Gasteiger partial charge in [0.2, 0.25) is 5.91 Å². The van der Waals surface area contributed by atoms with E-state index >= 15 is 0 Å². The summed E-state index contributed by atoms with van der Waals surface area (Å²) in [5, 5.41) is 3.73. The molecule has 0 unspecified atom stereocenters. The number of benzene rings is 1. The normalized spacial score (nSPS) is 10.8. The molecule has 0 fully saturated rings. The standard InChI is InChI=1S/C15H23ClN2OS/c1-3-18(4-2)11-10-17-15(19)9-12-20-14-8-6-5-7-13(14)16/h5-8H,3-4,9-12H2,1-2H3,(H,17,19)/p+1. The van der Waals surface area contributed by atoms with Gasteiger partial charge in [0.25, 0.3) is 0 Å². The molecule has 0 spiro atoms. The summed E-state index contributed by atoms with van der Waals surface area (Å²) in [6, 6.07) is 7.72. The molecule has 112 valence electrons. The third-order valence-electron chi connectivity index (χ3n) is 3.22. The third-order valence-corrected chi connectivity index (χ3v) is 4.74. The number of likely N-dealkylation sites (N-methyl/N-ethyl adjacent to an activating group) is 1. The Balaban J connectivity index is 2.16. The van der Waals surface area contributed by atoms with Crippen LogP contribution in [0.1, 0.15) is 20.3 Å². The van der Waals surface area contributed by atoms with E-state index in [1.165, 1.54) is 4.90 Å². The Morgan fingerprint density at radius 3 is 2.65 bits per heavy atom. The van der Waals surface area contributed by atoms with Crippen LogP contribution in [0.5, 0.6) is 0 Å². The quantitative estimate of drug-likeness (QED) is 0.682. The monoisotopic (exact) mass is 315 g/mol. The fourth-order valence-corrected chi connectivity index (χ4v) is 3.07. The third kappa shape index (κ3) is 6.64. The number of amides is 1.